The normalized spacial score (nSPS) is 15.3. The number of aliphatic imine (C=N–C) groups is 1. The van der Waals surface area contributed by atoms with Gasteiger partial charge in [0.2, 0.25) is 5.90 Å². The van der Waals surface area contributed by atoms with Crippen LogP contribution in [0.4, 0.5) is 5.69 Å². The fraction of sp³-hybridized carbons (Fsp3) is 0. The number of nitro benzene ring substituents is 1. The highest BCUT2D eigenvalue weighted by atomic mass is 127. The summed E-state index contributed by atoms with van der Waals surface area (Å²) >= 11 is 8.02. The van der Waals surface area contributed by atoms with Crippen molar-refractivity contribution in [2.24, 2.45) is 4.99 Å². The number of nitro groups is 1. The van der Waals surface area contributed by atoms with E-state index in [-0.39, 0.29) is 22.3 Å². The Bertz CT molecular complexity index is 924. The van der Waals surface area contributed by atoms with Crippen molar-refractivity contribution >= 4 is 57.8 Å². The lowest BCUT2D eigenvalue weighted by Gasteiger charge is -1.99. The largest absolute Gasteiger partial charge is 0.402 e. The number of halogens is 2. The van der Waals surface area contributed by atoms with Gasteiger partial charge in [0.15, 0.2) is 5.70 Å². The first kappa shape index (κ1) is 16.6. The zero-order chi connectivity index (χ0) is 17.3. The Labute approximate surface area is 155 Å². The molecule has 0 radical (unpaired) electrons. The molecule has 120 valence electrons. The highest BCUT2D eigenvalue weighted by Gasteiger charge is 2.24. The minimum atomic E-state index is -0.585. The summed E-state index contributed by atoms with van der Waals surface area (Å²) in [4.78, 5) is 26.3. The maximum atomic E-state index is 12.0. The first-order chi connectivity index (χ1) is 11.4. The second-order valence-corrected chi connectivity index (χ2v) is 6.47. The SMILES string of the molecule is O=C1OC(c2cccc(I)c2)=N/C1=C\c1ccc([N+](=O)[O-])c(Cl)c1. The van der Waals surface area contributed by atoms with E-state index in [4.69, 9.17) is 16.3 Å². The molecule has 0 bridgehead atoms. The molecule has 8 heteroatoms. The van der Waals surface area contributed by atoms with Crippen molar-refractivity contribution in [2.75, 3.05) is 0 Å². The molecule has 0 N–H and O–H groups in total. The Morgan fingerprint density at radius 2 is 2.04 bits per heavy atom. The molecule has 0 amide bonds. The molecular formula is C16H8ClIN2O4. The quantitative estimate of drug-likeness (QED) is 0.229. The summed E-state index contributed by atoms with van der Waals surface area (Å²) in [5, 5.41) is 10.8. The van der Waals surface area contributed by atoms with E-state index < -0.39 is 10.9 Å². The molecule has 1 heterocycles. The van der Waals surface area contributed by atoms with Crippen LogP contribution in [-0.4, -0.2) is 16.8 Å². The third-order valence-electron chi connectivity index (χ3n) is 3.16. The summed E-state index contributed by atoms with van der Waals surface area (Å²) in [7, 11) is 0. The molecule has 1 aliphatic heterocycles. The van der Waals surface area contributed by atoms with E-state index in [0.717, 1.165) is 3.57 Å². The molecule has 3 rings (SSSR count). The van der Waals surface area contributed by atoms with Crippen molar-refractivity contribution in [2.45, 2.75) is 0 Å². The van der Waals surface area contributed by atoms with Crippen LogP contribution in [0.25, 0.3) is 6.08 Å². The van der Waals surface area contributed by atoms with Gasteiger partial charge in [-0.3, -0.25) is 10.1 Å². The Balaban J connectivity index is 1.94. The maximum Gasteiger partial charge on any atom is 0.363 e. The molecule has 0 saturated carbocycles. The zero-order valence-corrected chi connectivity index (χ0v) is 14.8. The van der Waals surface area contributed by atoms with E-state index >= 15 is 0 Å². The molecule has 0 spiro atoms. The fourth-order valence-corrected chi connectivity index (χ4v) is 2.87. The van der Waals surface area contributed by atoms with E-state index in [2.05, 4.69) is 27.6 Å². The van der Waals surface area contributed by atoms with Crippen molar-refractivity contribution in [1.29, 1.82) is 0 Å². The van der Waals surface area contributed by atoms with Gasteiger partial charge in [-0.25, -0.2) is 9.79 Å². The average Bonchev–Trinajstić information content (AvgIpc) is 2.88. The molecule has 0 saturated heterocycles. The summed E-state index contributed by atoms with van der Waals surface area (Å²) in [6, 6.07) is 11.6. The fourth-order valence-electron chi connectivity index (χ4n) is 2.07. The topological polar surface area (TPSA) is 81.8 Å². The van der Waals surface area contributed by atoms with Crippen LogP contribution < -0.4 is 0 Å². The van der Waals surface area contributed by atoms with Gasteiger partial charge < -0.3 is 4.74 Å². The summed E-state index contributed by atoms with van der Waals surface area (Å²) < 4.78 is 6.17. The molecular weight excluding hydrogens is 447 g/mol. The standard InChI is InChI=1S/C16H8ClIN2O4/c17-12-6-9(4-5-14(12)20(22)23)7-13-16(21)24-15(19-13)10-2-1-3-11(18)8-10/h1-8H/b13-7-. The number of carbonyl (C=O) groups excluding carboxylic acids is 1. The van der Waals surface area contributed by atoms with Gasteiger partial charge in [0.05, 0.1) is 4.92 Å². The van der Waals surface area contributed by atoms with Crippen LogP contribution in [-0.2, 0) is 9.53 Å². The molecule has 0 aliphatic carbocycles. The van der Waals surface area contributed by atoms with Crippen molar-refractivity contribution in [3.8, 4) is 0 Å². The number of benzene rings is 2. The minimum absolute atomic E-state index is 0.0115. The van der Waals surface area contributed by atoms with Crippen molar-refractivity contribution in [3.63, 3.8) is 0 Å². The van der Waals surface area contributed by atoms with Gasteiger partial charge in [-0.05, 0) is 64.6 Å². The molecule has 0 aromatic heterocycles. The van der Waals surface area contributed by atoms with Crippen LogP contribution in [0.2, 0.25) is 5.02 Å². The summed E-state index contributed by atoms with van der Waals surface area (Å²) in [6.45, 7) is 0. The lowest BCUT2D eigenvalue weighted by molar-refractivity contribution is -0.384. The summed E-state index contributed by atoms with van der Waals surface area (Å²) in [5.74, 6) is -0.365. The summed E-state index contributed by atoms with van der Waals surface area (Å²) in [5.41, 5.74) is 1.12. The van der Waals surface area contributed by atoms with Gasteiger partial charge in [-0.15, -0.1) is 0 Å². The van der Waals surface area contributed by atoms with Crippen molar-refractivity contribution < 1.29 is 14.5 Å². The Hall–Kier alpha value is -2.26. The second kappa shape index (κ2) is 6.70. The van der Waals surface area contributed by atoms with Crippen LogP contribution in [0.3, 0.4) is 0 Å². The molecule has 2 aromatic carbocycles. The van der Waals surface area contributed by atoms with Gasteiger partial charge >= 0.3 is 5.97 Å². The van der Waals surface area contributed by atoms with Crippen LogP contribution in [0.1, 0.15) is 11.1 Å². The third kappa shape index (κ3) is 3.46. The first-order valence-electron chi connectivity index (χ1n) is 6.66. The smallest absolute Gasteiger partial charge is 0.363 e. The average molecular weight is 455 g/mol. The molecule has 0 unspecified atom stereocenters. The number of cyclic esters (lactones) is 1. The van der Waals surface area contributed by atoms with Crippen LogP contribution >= 0.6 is 34.2 Å². The molecule has 0 atom stereocenters. The molecule has 0 fully saturated rings. The van der Waals surface area contributed by atoms with Crippen LogP contribution in [0.5, 0.6) is 0 Å². The Morgan fingerprint density at radius 1 is 1.25 bits per heavy atom. The van der Waals surface area contributed by atoms with Gasteiger partial charge in [-0.1, -0.05) is 17.7 Å². The molecule has 6 nitrogen and oxygen atoms in total. The Morgan fingerprint density at radius 3 is 2.71 bits per heavy atom. The molecule has 1 aliphatic rings. The number of carbonyl (C=O) groups is 1. The second-order valence-electron chi connectivity index (χ2n) is 4.81. The zero-order valence-electron chi connectivity index (χ0n) is 11.9. The molecule has 2 aromatic rings. The monoisotopic (exact) mass is 454 g/mol. The predicted molar refractivity (Wildman–Crippen MR) is 97.9 cm³/mol. The van der Waals surface area contributed by atoms with Crippen molar-refractivity contribution in [3.05, 3.63) is 78.0 Å². The van der Waals surface area contributed by atoms with E-state index in [9.17, 15) is 14.9 Å². The van der Waals surface area contributed by atoms with E-state index in [1.807, 2.05) is 18.2 Å². The highest BCUT2D eigenvalue weighted by Crippen LogP contribution is 2.27. The van der Waals surface area contributed by atoms with Gasteiger partial charge in [0.25, 0.3) is 5.69 Å². The van der Waals surface area contributed by atoms with Crippen LogP contribution in [0, 0.1) is 13.7 Å². The van der Waals surface area contributed by atoms with Crippen LogP contribution in [0.15, 0.2) is 53.2 Å². The molecule has 24 heavy (non-hydrogen) atoms. The minimum Gasteiger partial charge on any atom is -0.402 e. The van der Waals surface area contributed by atoms with Gasteiger partial charge in [0, 0.05) is 15.2 Å². The van der Waals surface area contributed by atoms with E-state index in [0.29, 0.717) is 11.1 Å². The lowest BCUT2D eigenvalue weighted by Crippen LogP contribution is -2.05. The number of ether oxygens (including phenoxy) is 1. The number of nitrogens with zero attached hydrogens (tertiary/aromatic N) is 2. The number of rotatable bonds is 3. The summed E-state index contributed by atoms with van der Waals surface area (Å²) in [6.07, 6.45) is 1.47. The predicted octanol–water partition coefficient (Wildman–Crippen LogP) is 4.20. The number of hydrogen-bond donors (Lipinski definition) is 0. The van der Waals surface area contributed by atoms with Gasteiger partial charge in [-0.2, -0.15) is 0 Å². The van der Waals surface area contributed by atoms with E-state index in [1.165, 1.54) is 24.3 Å². The number of hydrogen-bond acceptors (Lipinski definition) is 5. The van der Waals surface area contributed by atoms with Crippen molar-refractivity contribution in [1.82, 2.24) is 0 Å². The maximum absolute atomic E-state index is 12.0. The third-order valence-corrected chi connectivity index (χ3v) is 4.14. The highest BCUT2D eigenvalue weighted by molar-refractivity contribution is 14.1. The lowest BCUT2D eigenvalue weighted by atomic mass is 10.2. The Kier molecular flexibility index (Phi) is 4.63. The van der Waals surface area contributed by atoms with Gasteiger partial charge in [0.1, 0.15) is 5.02 Å². The van der Waals surface area contributed by atoms with E-state index in [1.54, 1.807) is 6.07 Å². The first-order valence-corrected chi connectivity index (χ1v) is 8.12. The number of esters is 1.